The predicted molar refractivity (Wildman–Crippen MR) is 49.6 cm³/mol. The third-order valence-electron chi connectivity index (χ3n) is 1.44. The van der Waals surface area contributed by atoms with E-state index >= 15 is 0 Å². The van der Waals surface area contributed by atoms with Crippen LogP contribution in [0.4, 0.5) is 0 Å². The summed E-state index contributed by atoms with van der Waals surface area (Å²) >= 11 is 0. The quantitative estimate of drug-likeness (QED) is 0.713. The molecule has 0 spiro atoms. The predicted octanol–water partition coefficient (Wildman–Crippen LogP) is 0.752. The molecule has 0 fully saturated rings. The summed E-state index contributed by atoms with van der Waals surface area (Å²) in [5, 5.41) is 16.2. The number of aliphatic hydroxyl groups is 2. The smallest absolute Gasteiger partial charge is 0.218 e. The SMILES string of the molecule is CO.COc1ncccc1[C@@H](C)O. The van der Waals surface area contributed by atoms with E-state index in [4.69, 9.17) is 9.84 Å². The van der Waals surface area contributed by atoms with Gasteiger partial charge in [0.15, 0.2) is 0 Å². The second kappa shape index (κ2) is 6.39. The second-order valence-electron chi connectivity index (χ2n) is 2.28. The molecule has 0 aliphatic carbocycles. The summed E-state index contributed by atoms with van der Waals surface area (Å²) in [6.45, 7) is 1.68. The Morgan fingerprint density at radius 1 is 1.46 bits per heavy atom. The summed E-state index contributed by atoms with van der Waals surface area (Å²) < 4.78 is 4.94. The number of hydrogen-bond acceptors (Lipinski definition) is 4. The maximum Gasteiger partial charge on any atom is 0.218 e. The lowest BCUT2D eigenvalue weighted by Gasteiger charge is -2.07. The molecule has 0 aliphatic heterocycles. The highest BCUT2D eigenvalue weighted by molar-refractivity contribution is 5.26. The van der Waals surface area contributed by atoms with Gasteiger partial charge in [0.05, 0.1) is 13.2 Å². The standard InChI is InChI=1S/C8H11NO2.CH4O/c1-6(10)7-4-3-5-9-8(7)11-2;1-2/h3-6,10H,1-2H3;2H,1H3/t6-;/m1./s1. The average molecular weight is 185 g/mol. The molecule has 74 valence electrons. The molecule has 13 heavy (non-hydrogen) atoms. The number of aliphatic hydroxyl groups excluding tert-OH is 2. The molecule has 0 radical (unpaired) electrons. The van der Waals surface area contributed by atoms with Gasteiger partial charge in [-0.05, 0) is 19.1 Å². The Hall–Kier alpha value is -1.13. The van der Waals surface area contributed by atoms with E-state index in [1.165, 1.54) is 7.11 Å². The third-order valence-corrected chi connectivity index (χ3v) is 1.44. The van der Waals surface area contributed by atoms with Crippen LogP contribution >= 0.6 is 0 Å². The molecule has 4 nitrogen and oxygen atoms in total. The molecule has 1 rings (SSSR count). The first kappa shape index (κ1) is 11.9. The van der Waals surface area contributed by atoms with Crippen molar-refractivity contribution in [3.8, 4) is 5.88 Å². The summed E-state index contributed by atoms with van der Waals surface area (Å²) in [6.07, 6.45) is 1.10. The lowest BCUT2D eigenvalue weighted by molar-refractivity contribution is 0.193. The Balaban J connectivity index is 0.000000671. The molecule has 0 amide bonds. The molecule has 0 aliphatic rings. The van der Waals surface area contributed by atoms with Gasteiger partial charge in [-0.1, -0.05) is 0 Å². The monoisotopic (exact) mass is 185 g/mol. The molecular formula is C9H15NO3. The van der Waals surface area contributed by atoms with E-state index in [-0.39, 0.29) is 0 Å². The zero-order chi connectivity index (χ0) is 10.3. The first-order valence-electron chi connectivity index (χ1n) is 3.87. The number of ether oxygens (including phenoxy) is 1. The summed E-state index contributed by atoms with van der Waals surface area (Å²) in [5.74, 6) is 0.488. The van der Waals surface area contributed by atoms with Gasteiger partial charge in [0.25, 0.3) is 0 Å². The van der Waals surface area contributed by atoms with Crippen molar-refractivity contribution in [3.05, 3.63) is 23.9 Å². The molecular weight excluding hydrogens is 170 g/mol. The maximum atomic E-state index is 9.22. The van der Waals surface area contributed by atoms with Gasteiger partial charge in [-0.25, -0.2) is 4.98 Å². The first-order chi connectivity index (χ1) is 6.25. The zero-order valence-corrected chi connectivity index (χ0v) is 8.06. The molecule has 0 saturated heterocycles. The van der Waals surface area contributed by atoms with Crippen LogP contribution in [0.2, 0.25) is 0 Å². The Bertz CT molecular complexity index is 238. The molecule has 0 saturated carbocycles. The van der Waals surface area contributed by atoms with Crippen molar-refractivity contribution in [2.45, 2.75) is 13.0 Å². The van der Waals surface area contributed by atoms with Gasteiger partial charge in [-0.3, -0.25) is 0 Å². The fourth-order valence-electron chi connectivity index (χ4n) is 0.892. The number of rotatable bonds is 2. The molecule has 4 heteroatoms. The van der Waals surface area contributed by atoms with E-state index in [2.05, 4.69) is 4.98 Å². The summed E-state index contributed by atoms with van der Waals surface area (Å²) in [7, 11) is 2.54. The molecule has 1 atom stereocenters. The van der Waals surface area contributed by atoms with Crippen molar-refractivity contribution in [2.24, 2.45) is 0 Å². The van der Waals surface area contributed by atoms with Crippen LogP contribution in [-0.4, -0.2) is 29.4 Å². The lowest BCUT2D eigenvalue weighted by atomic mass is 10.2. The Labute approximate surface area is 77.8 Å². The molecule has 0 unspecified atom stereocenters. The summed E-state index contributed by atoms with van der Waals surface area (Å²) in [5.41, 5.74) is 0.718. The molecule has 1 heterocycles. The average Bonchev–Trinajstić information content (AvgIpc) is 2.20. The highest BCUT2D eigenvalue weighted by Crippen LogP contribution is 2.20. The van der Waals surface area contributed by atoms with Crippen molar-refractivity contribution in [2.75, 3.05) is 14.2 Å². The second-order valence-corrected chi connectivity index (χ2v) is 2.28. The van der Waals surface area contributed by atoms with Crippen LogP contribution in [0.5, 0.6) is 5.88 Å². The van der Waals surface area contributed by atoms with Crippen molar-refractivity contribution < 1.29 is 14.9 Å². The van der Waals surface area contributed by atoms with Gasteiger partial charge in [-0.2, -0.15) is 0 Å². The van der Waals surface area contributed by atoms with Gasteiger partial charge in [0, 0.05) is 18.9 Å². The topological polar surface area (TPSA) is 62.6 Å². The minimum Gasteiger partial charge on any atom is -0.481 e. The van der Waals surface area contributed by atoms with Gasteiger partial charge in [0.1, 0.15) is 0 Å². The van der Waals surface area contributed by atoms with Crippen molar-refractivity contribution in [1.82, 2.24) is 4.98 Å². The minimum absolute atomic E-state index is 0.488. The summed E-state index contributed by atoms with van der Waals surface area (Å²) in [6, 6.07) is 3.56. The fraction of sp³-hybridized carbons (Fsp3) is 0.444. The van der Waals surface area contributed by atoms with Gasteiger partial charge < -0.3 is 14.9 Å². The van der Waals surface area contributed by atoms with Crippen LogP contribution in [0.1, 0.15) is 18.6 Å². The van der Waals surface area contributed by atoms with Crippen molar-refractivity contribution in [3.63, 3.8) is 0 Å². The fourth-order valence-corrected chi connectivity index (χ4v) is 0.892. The van der Waals surface area contributed by atoms with Crippen molar-refractivity contribution in [1.29, 1.82) is 0 Å². The minimum atomic E-state index is -0.529. The highest BCUT2D eigenvalue weighted by Gasteiger charge is 2.07. The molecule has 1 aromatic rings. The van der Waals surface area contributed by atoms with Gasteiger partial charge in [0.2, 0.25) is 5.88 Å². The molecule has 0 bridgehead atoms. The van der Waals surface area contributed by atoms with Crippen LogP contribution in [0.15, 0.2) is 18.3 Å². The Morgan fingerprint density at radius 3 is 2.46 bits per heavy atom. The zero-order valence-electron chi connectivity index (χ0n) is 8.06. The van der Waals surface area contributed by atoms with Crippen LogP contribution < -0.4 is 4.74 Å². The van der Waals surface area contributed by atoms with E-state index in [9.17, 15) is 5.11 Å². The van der Waals surface area contributed by atoms with Crippen LogP contribution in [0.25, 0.3) is 0 Å². The maximum absolute atomic E-state index is 9.22. The Morgan fingerprint density at radius 2 is 2.08 bits per heavy atom. The lowest BCUT2D eigenvalue weighted by Crippen LogP contribution is -1.97. The Kier molecular flexibility index (Phi) is 5.84. The van der Waals surface area contributed by atoms with E-state index in [0.717, 1.165) is 12.7 Å². The van der Waals surface area contributed by atoms with Gasteiger partial charge >= 0.3 is 0 Å². The van der Waals surface area contributed by atoms with Crippen LogP contribution in [-0.2, 0) is 0 Å². The molecule has 0 aromatic carbocycles. The molecule has 1 aromatic heterocycles. The van der Waals surface area contributed by atoms with E-state index in [0.29, 0.717) is 5.88 Å². The summed E-state index contributed by atoms with van der Waals surface area (Å²) in [4.78, 5) is 3.94. The largest absolute Gasteiger partial charge is 0.481 e. The number of aromatic nitrogens is 1. The van der Waals surface area contributed by atoms with Crippen LogP contribution in [0, 0.1) is 0 Å². The molecule has 2 N–H and O–H groups in total. The first-order valence-corrected chi connectivity index (χ1v) is 3.87. The van der Waals surface area contributed by atoms with E-state index in [1.54, 1.807) is 25.3 Å². The number of hydrogen-bond donors (Lipinski definition) is 2. The highest BCUT2D eigenvalue weighted by atomic mass is 16.5. The number of methoxy groups -OCH3 is 1. The van der Waals surface area contributed by atoms with E-state index < -0.39 is 6.10 Å². The van der Waals surface area contributed by atoms with E-state index in [1.807, 2.05) is 0 Å². The third kappa shape index (κ3) is 3.40. The van der Waals surface area contributed by atoms with Gasteiger partial charge in [-0.15, -0.1) is 0 Å². The van der Waals surface area contributed by atoms with Crippen molar-refractivity contribution >= 4 is 0 Å². The number of pyridine rings is 1. The number of nitrogens with zero attached hydrogens (tertiary/aromatic N) is 1. The normalized spacial score (nSPS) is 11.2. The van der Waals surface area contributed by atoms with Crippen LogP contribution in [0.3, 0.4) is 0 Å².